The molecule has 0 radical (unpaired) electrons. The van der Waals surface area contributed by atoms with Gasteiger partial charge in [-0.15, -0.1) is 0 Å². The number of anilines is 1. The van der Waals surface area contributed by atoms with Crippen LogP contribution in [0.5, 0.6) is 5.75 Å². The van der Waals surface area contributed by atoms with Crippen LogP contribution in [-0.2, 0) is 14.1 Å². The van der Waals surface area contributed by atoms with Gasteiger partial charge in [-0.05, 0) is 74.9 Å². The molecule has 0 aliphatic carbocycles. The monoisotopic (exact) mass is 570 g/mol. The lowest BCUT2D eigenvalue weighted by molar-refractivity contribution is -0.117. The molecular weight excluding hydrogens is 535 g/mol. The van der Waals surface area contributed by atoms with Gasteiger partial charge in [0.2, 0.25) is 13.2 Å². The zero-order valence-electron chi connectivity index (χ0n) is 23.7. The fourth-order valence-electron chi connectivity index (χ4n) is 4.49. The van der Waals surface area contributed by atoms with Crippen molar-refractivity contribution >= 4 is 35.6 Å². The van der Waals surface area contributed by atoms with E-state index in [1.54, 1.807) is 101 Å². The van der Waals surface area contributed by atoms with Crippen LogP contribution in [0.2, 0.25) is 0 Å². The summed E-state index contributed by atoms with van der Waals surface area (Å²) >= 11 is 0. The van der Waals surface area contributed by atoms with E-state index in [2.05, 4.69) is 5.32 Å². The highest BCUT2D eigenvalue weighted by Gasteiger charge is 2.45. The van der Waals surface area contributed by atoms with E-state index < -0.39 is 25.0 Å². The van der Waals surface area contributed by atoms with Crippen LogP contribution in [0, 0.1) is 0 Å². The van der Waals surface area contributed by atoms with E-state index in [9.17, 15) is 9.59 Å². The van der Waals surface area contributed by atoms with Crippen LogP contribution >= 0.6 is 7.29 Å². The van der Waals surface area contributed by atoms with Crippen molar-refractivity contribution < 1.29 is 23.6 Å². The quantitative estimate of drug-likeness (QED) is 0.221. The summed E-state index contributed by atoms with van der Waals surface area (Å²) in [5.41, 5.74) is 0.344. The molecule has 0 saturated heterocycles. The molecule has 0 spiro atoms. The van der Waals surface area contributed by atoms with Crippen molar-refractivity contribution in [2.24, 2.45) is 0 Å². The van der Waals surface area contributed by atoms with Crippen LogP contribution in [0.4, 0.5) is 10.5 Å². The zero-order valence-corrected chi connectivity index (χ0v) is 24.6. The average Bonchev–Trinajstić information content (AvgIpc) is 2.97. The third-order valence-electron chi connectivity index (χ3n) is 6.33. The summed E-state index contributed by atoms with van der Waals surface area (Å²) in [5.74, 6) is 0.304. The van der Waals surface area contributed by atoms with Crippen LogP contribution < -0.4 is 20.7 Å². The number of methoxy groups -OCH3 is 1. The number of nitrogens with zero attached hydrogens (tertiary/aromatic N) is 1. The lowest BCUT2D eigenvalue weighted by Crippen LogP contribution is -2.43. The topological polar surface area (TPSA) is 84.9 Å². The molecule has 7 nitrogen and oxygen atoms in total. The molecule has 212 valence electrons. The number of benzene rings is 4. The number of carbonyl (C=O) groups excluding carboxylic acids is 2. The summed E-state index contributed by atoms with van der Waals surface area (Å²) in [6.07, 6.45) is -0.946. The Hall–Kier alpha value is -4.35. The van der Waals surface area contributed by atoms with Crippen molar-refractivity contribution in [1.82, 2.24) is 4.67 Å². The van der Waals surface area contributed by atoms with Gasteiger partial charge >= 0.3 is 6.09 Å². The minimum absolute atomic E-state index is 0.168. The number of rotatable bonds is 9. The smallest absolute Gasteiger partial charge is 0.416 e. The Labute approximate surface area is 241 Å². The molecule has 1 unspecified atom stereocenters. The van der Waals surface area contributed by atoms with Gasteiger partial charge in [-0.3, -0.25) is 9.36 Å². The Morgan fingerprint density at radius 1 is 0.780 bits per heavy atom. The summed E-state index contributed by atoms with van der Waals surface area (Å²) in [6, 6.07) is 32.9. The van der Waals surface area contributed by atoms with Crippen LogP contribution in [-0.4, -0.2) is 29.4 Å². The van der Waals surface area contributed by atoms with Crippen molar-refractivity contribution in [3.63, 3.8) is 0 Å². The summed E-state index contributed by atoms with van der Waals surface area (Å²) in [4.78, 5) is 27.7. The summed E-state index contributed by atoms with van der Waals surface area (Å²) in [6.45, 7) is 5.27. The number of hydrogen-bond donors (Lipinski definition) is 1. The lowest BCUT2D eigenvalue weighted by atomic mass is 10.0. The maximum absolute atomic E-state index is 15.5. The summed E-state index contributed by atoms with van der Waals surface area (Å²) < 4.78 is 27.9. The number of carbonyl (C=O) groups is 2. The molecule has 0 fully saturated rings. The molecule has 0 heterocycles. The molecule has 2 amide bonds. The van der Waals surface area contributed by atoms with E-state index in [0.717, 1.165) is 0 Å². The Morgan fingerprint density at radius 3 is 1.73 bits per heavy atom. The predicted octanol–water partition coefficient (Wildman–Crippen LogP) is 6.93. The van der Waals surface area contributed by atoms with Gasteiger partial charge in [0.1, 0.15) is 11.4 Å². The largest absolute Gasteiger partial charge is 0.497 e. The number of hydrogen-bond acceptors (Lipinski definition) is 5. The number of nitrogens with one attached hydrogen (secondary N) is 1. The number of amides is 2. The minimum atomic E-state index is -3.89. The first-order valence-corrected chi connectivity index (χ1v) is 15.0. The first kappa shape index (κ1) is 29.6. The Bertz CT molecular complexity index is 1440. The molecule has 4 aromatic carbocycles. The van der Waals surface area contributed by atoms with Gasteiger partial charge in [0.25, 0.3) is 0 Å². The first-order chi connectivity index (χ1) is 19.6. The SMILES string of the molecule is COc1ccc(NC(=O)CC(c2ccccc2)N(C(=O)OC(C)(C)C)P(=O)(c2ccccc2)c2ccccc2)cc1. The molecule has 8 heteroatoms. The third kappa shape index (κ3) is 7.24. The molecule has 1 N–H and O–H groups in total. The van der Waals surface area contributed by atoms with E-state index in [1.807, 2.05) is 42.5 Å². The molecule has 0 saturated carbocycles. The van der Waals surface area contributed by atoms with Crippen molar-refractivity contribution in [3.8, 4) is 5.75 Å². The molecule has 4 rings (SSSR count). The van der Waals surface area contributed by atoms with Crippen LogP contribution in [0.25, 0.3) is 0 Å². The van der Waals surface area contributed by atoms with Crippen LogP contribution in [0.15, 0.2) is 115 Å². The standard InChI is InChI=1S/C33H35N2O5P/c1-33(2,3)40-32(37)35(41(38,28-16-10-6-11-17-28)29-18-12-7-13-19-29)30(25-14-8-5-9-15-25)24-31(36)34-26-20-22-27(39-4)23-21-26/h5-23,30H,24H2,1-4H3,(H,34,36). The summed E-state index contributed by atoms with van der Waals surface area (Å²) in [5, 5.41) is 3.81. The van der Waals surface area contributed by atoms with Gasteiger partial charge in [-0.2, -0.15) is 0 Å². The maximum atomic E-state index is 15.5. The second kappa shape index (κ2) is 12.9. The fourth-order valence-corrected chi connectivity index (χ4v) is 7.31. The first-order valence-electron chi connectivity index (χ1n) is 13.3. The van der Waals surface area contributed by atoms with Crippen molar-refractivity contribution in [3.05, 3.63) is 121 Å². The van der Waals surface area contributed by atoms with Crippen molar-refractivity contribution in [2.75, 3.05) is 12.4 Å². The van der Waals surface area contributed by atoms with E-state index in [4.69, 9.17) is 9.47 Å². The third-order valence-corrected chi connectivity index (χ3v) is 9.37. The molecule has 41 heavy (non-hydrogen) atoms. The lowest BCUT2D eigenvalue weighted by Gasteiger charge is -2.39. The Kier molecular flexibility index (Phi) is 9.31. The predicted molar refractivity (Wildman–Crippen MR) is 163 cm³/mol. The minimum Gasteiger partial charge on any atom is -0.497 e. The molecular formula is C33H35N2O5P. The van der Waals surface area contributed by atoms with E-state index in [0.29, 0.717) is 27.6 Å². The van der Waals surface area contributed by atoms with Gasteiger partial charge in [-0.1, -0.05) is 66.7 Å². The highest BCUT2D eigenvalue weighted by Crippen LogP contribution is 2.53. The highest BCUT2D eigenvalue weighted by molar-refractivity contribution is 7.77. The van der Waals surface area contributed by atoms with Gasteiger partial charge in [0.15, 0.2) is 0 Å². The van der Waals surface area contributed by atoms with E-state index in [-0.39, 0.29) is 12.3 Å². The molecule has 4 aromatic rings. The normalized spacial score (nSPS) is 12.2. The van der Waals surface area contributed by atoms with Crippen LogP contribution in [0.1, 0.15) is 38.8 Å². The Balaban J connectivity index is 1.87. The molecule has 0 aliphatic heterocycles. The van der Waals surface area contributed by atoms with Crippen molar-refractivity contribution in [2.45, 2.75) is 38.8 Å². The second-order valence-corrected chi connectivity index (χ2v) is 13.1. The molecule has 0 bridgehead atoms. The summed E-state index contributed by atoms with van der Waals surface area (Å²) in [7, 11) is -2.31. The fraction of sp³-hybridized carbons (Fsp3) is 0.212. The van der Waals surface area contributed by atoms with Gasteiger partial charge < -0.3 is 14.8 Å². The van der Waals surface area contributed by atoms with E-state index >= 15 is 4.57 Å². The van der Waals surface area contributed by atoms with Crippen molar-refractivity contribution in [1.29, 1.82) is 0 Å². The molecule has 1 atom stereocenters. The van der Waals surface area contributed by atoms with Gasteiger partial charge in [0.05, 0.1) is 19.6 Å². The second-order valence-electron chi connectivity index (χ2n) is 10.5. The highest BCUT2D eigenvalue weighted by atomic mass is 31.2. The average molecular weight is 571 g/mol. The number of ether oxygens (including phenoxy) is 2. The van der Waals surface area contributed by atoms with Gasteiger partial charge in [0, 0.05) is 16.3 Å². The maximum Gasteiger partial charge on any atom is 0.416 e. The van der Waals surface area contributed by atoms with Gasteiger partial charge in [-0.25, -0.2) is 9.46 Å². The molecule has 0 aromatic heterocycles. The molecule has 0 aliphatic rings. The zero-order chi connectivity index (χ0) is 29.5. The van der Waals surface area contributed by atoms with E-state index in [1.165, 1.54) is 4.67 Å². The van der Waals surface area contributed by atoms with Crippen LogP contribution in [0.3, 0.4) is 0 Å². The Morgan fingerprint density at radius 2 is 1.27 bits per heavy atom.